The Morgan fingerprint density at radius 3 is 2.48 bits per heavy atom. The molecule has 1 atom stereocenters. The molecule has 0 aliphatic rings. The van der Waals surface area contributed by atoms with E-state index in [1.807, 2.05) is 13.8 Å². The number of nitrogens with zero attached hydrogens (tertiary/aromatic N) is 2. The maximum Gasteiger partial charge on any atom is 0.342 e. The second-order valence-electron chi connectivity index (χ2n) is 5.62. The Balaban J connectivity index is 2.56. The molecule has 23 heavy (non-hydrogen) atoms. The molecular formula is C15H23N3O5. The molecule has 0 aliphatic carbocycles. The van der Waals surface area contributed by atoms with Crippen molar-refractivity contribution in [2.45, 2.75) is 33.2 Å². The number of carbonyl (C=O) groups is 3. The highest BCUT2D eigenvalue weighted by atomic mass is 16.5. The summed E-state index contributed by atoms with van der Waals surface area (Å²) in [5.41, 5.74) is 0.939. The first-order valence-electron chi connectivity index (χ1n) is 7.29. The molecule has 8 nitrogen and oxygen atoms in total. The lowest BCUT2D eigenvalue weighted by molar-refractivity contribution is -0.145. The van der Waals surface area contributed by atoms with E-state index in [4.69, 9.17) is 4.74 Å². The molecule has 1 rings (SSSR count). The normalized spacial score (nSPS) is 11.9. The number of amides is 1. The molecule has 1 aromatic rings. The topological polar surface area (TPSA) is 99.5 Å². The zero-order chi connectivity index (χ0) is 17.6. The van der Waals surface area contributed by atoms with Crippen molar-refractivity contribution in [3.63, 3.8) is 0 Å². The summed E-state index contributed by atoms with van der Waals surface area (Å²) >= 11 is 0. The summed E-state index contributed by atoms with van der Waals surface area (Å²) in [5.74, 6) is -1.53. The first kappa shape index (κ1) is 18.7. The van der Waals surface area contributed by atoms with Gasteiger partial charge in [0.05, 0.1) is 13.3 Å². The van der Waals surface area contributed by atoms with Crippen LogP contribution in [0, 0.1) is 12.8 Å². The monoisotopic (exact) mass is 325 g/mol. The quantitative estimate of drug-likeness (QED) is 0.737. The van der Waals surface area contributed by atoms with E-state index < -0.39 is 30.5 Å². The largest absolute Gasteiger partial charge is 0.467 e. The van der Waals surface area contributed by atoms with Gasteiger partial charge in [0.25, 0.3) is 5.91 Å². The number of rotatable bonds is 7. The summed E-state index contributed by atoms with van der Waals surface area (Å²) in [7, 11) is 2.96. The summed E-state index contributed by atoms with van der Waals surface area (Å²) < 4.78 is 11.1. The molecule has 1 unspecified atom stereocenters. The predicted octanol–water partition coefficient (Wildman–Crippen LogP) is 0.589. The van der Waals surface area contributed by atoms with E-state index in [0.717, 1.165) is 0 Å². The lowest BCUT2D eigenvalue weighted by Gasteiger charge is -2.18. The average Bonchev–Trinajstić information content (AvgIpc) is 2.82. The number of methoxy groups -OCH3 is 1. The lowest BCUT2D eigenvalue weighted by atomic mass is 10.0. The van der Waals surface area contributed by atoms with E-state index in [1.54, 1.807) is 14.0 Å². The van der Waals surface area contributed by atoms with Gasteiger partial charge in [-0.3, -0.25) is 9.48 Å². The number of esters is 2. The number of ether oxygens (including phenoxy) is 2. The zero-order valence-electron chi connectivity index (χ0n) is 14.1. The Bertz CT molecular complexity index is 580. The van der Waals surface area contributed by atoms with Gasteiger partial charge in [-0.1, -0.05) is 13.8 Å². The van der Waals surface area contributed by atoms with E-state index in [9.17, 15) is 14.4 Å². The Morgan fingerprint density at radius 1 is 1.35 bits per heavy atom. The van der Waals surface area contributed by atoms with Crippen molar-refractivity contribution in [1.82, 2.24) is 15.1 Å². The summed E-state index contributed by atoms with van der Waals surface area (Å²) in [6.45, 7) is 5.10. The molecule has 0 saturated heterocycles. The Hall–Kier alpha value is -2.38. The zero-order valence-corrected chi connectivity index (χ0v) is 14.1. The molecular weight excluding hydrogens is 302 g/mol. The van der Waals surface area contributed by atoms with E-state index in [1.165, 1.54) is 18.0 Å². The van der Waals surface area contributed by atoms with Crippen LogP contribution >= 0.6 is 0 Å². The van der Waals surface area contributed by atoms with E-state index in [-0.39, 0.29) is 5.92 Å². The highest BCUT2D eigenvalue weighted by Gasteiger charge is 2.23. The molecule has 1 N–H and O–H groups in total. The highest BCUT2D eigenvalue weighted by Crippen LogP contribution is 2.08. The Morgan fingerprint density at radius 2 is 2.00 bits per heavy atom. The maximum absolute atomic E-state index is 11.9. The van der Waals surface area contributed by atoms with Gasteiger partial charge in [0, 0.05) is 12.7 Å². The van der Waals surface area contributed by atoms with Crippen LogP contribution in [0.3, 0.4) is 0 Å². The number of aryl methyl sites for hydroxylation is 1. The smallest absolute Gasteiger partial charge is 0.342 e. The van der Waals surface area contributed by atoms with Crippen molar-refractivity contribution in [2.24, 2.45) is 13.0 Å². The van der Waals surface area contributed by atoms with Gasteiger partial charge in [-0.2, -0.15) is 5.10 Å². The highest BCUT2D eigenvalue weighted by molar-refractivity contribution is 5.92. The van der Waals surface area contributed by atoms with Crippen LogP contribution < -0.4 is 5.32 Å². The van der Waals surface area contributed by atoms with Crippen molar-refractivity contribution < 1.29 is 23.9 Å². The third kappa shape index (κ3) is 5.39. The number of nitrogens with one attached hydrogen (secondary N) is 1. The fraction of sp³-hybridized carbons (Fsp3) is 0.600. The molecule has 0 bridgehead atoms. The average molecular weight is 325 g/mol. The maximum atomic E-state index is 11.9. The molecule has 128 valence electrons. The van der Waals surface area contributed by atoms with Gasteiger partial charge in [0.1, 0.15) is 11.6 Å². The minimum absolute atomic E-state index is 0.194. The van der Waals surface area contributed by atoms with Crippen molar-refractivity contribution in [3.8, 4) is 0 Å². The second kappa shape index (κ2) is 8.30. The molecule has 8 heteroatoms. The molecule has 1 heterocycles. The number of hydrogen-bond acceptors (Lipinski definition) is 6. The van der Waals surface area contributed by atoms with Gasteiger partial charge in [-0.15, -0.1) is 0 Å². The van der Waals surface area contributed by atoms with Crippen LogP contribution in [-0.4, -0.2) is 47.4 Å². The minimum Gasteiger partial charge on any atom is -0.467 e. The van der Waals surface area contributed by atoms with E-state index in [0.29, 0.717) is 17.7 Å². The summed E-state index contributed by atoms with van der Waals surface area (Å²) in [4.78, 5) is 35.4. The molecule has 1 amide bonds. The fourth-order valence-corrected chi connectivity index (χ4v) is 1.97. The fourth-order valence-electron chi connectivity index (χ4n) is 1.97. The number of aromatic nitrogens is 2. The number of hydrogen-bond donors (Lipinski definition) is 1. The van der Waals surface area contributed by atoms with Crippen molar-refractivity contribution in [3.05, 3.63) is 17.5 Å². The van der Waals surface area contributed by atoms with Crippen LogP contribution in [0.25, 0.3) is 0 Å². The minimum atomic E-state index is -0.758. The van der Waals surface area contributed by atoms with Crippen LogP contribution in [0.4, 0.5) is 0 Å². The molecule has 0 fully saturated rings. The van der Waals surface area contributed by atoms with Gasteiger partial charge in [0.2, 0.25) is 0 Å². The number of carbonyl (C=O) groups excluding carboxylic acids is 3. The molecule has 0 aromatic carbocycles. The van der Waals surface area contributed by atoms with Crippen LogP contribution in [0.15, 0.2) is 6.20 Å². The van der Waals surface area contributed by atoms with Crippen molar-refractivity contribution in [2.75, 3.05) is 13.7 Å². The van der Waals surface area contributed by atoms with Crippen molar-refractivity contribution >= 4 is 17.8 Å². The van der Waals surface area contributed by atoms with Crippen molar-refractivity contribution in [1.29, 1.82) is 0 Å². The van der Waals surface area contributed by atoms with Crippen LogP contribution in [-0.2, 0) is 26.1 Å². The van der Waals surface area contributed by atoms with Crippen LogP contribution in [0.5, 0.6) is 0 Å². The Kier molecular flexibility index (Phi) is 6.74. The molecule has 0 radical (unpaired) electrons. The third-order valence-corrected chi connectivity index (χ3v) is 3.32. The SMILES string of the molecule is COC(=O)C(CC(C)C)NC(=O)COC(=O)c1cnn(C)c1C. The summed E-state index contributed by atoms with van der Waals surface area (Å²) in [6.07, 6.45) is 1.82. The standard InChI is InChI=1S/C15H23N3O5/c1-9(2)6-12(15(21)22-5)17-13(19)8-23-14(20)11-7-16-18(4)10(11)3/h7,9,12H,6,8H2,1-5H3,(H,17,19). The first-order valence-corrected chi connectivity index (χ1v) is 7.29. The van der Waals surface area contributed by atoms with Crippen LogP contribution in [0.1, 0.15) is 36.3 Å². The second-order valence-corrected chi connectivity index (χ2v) is 5.62. The summed E-state index contributed by atoms with van der Waals surface area (Å²) in [5, 5.41) is 6.45. The van der Waals surface area contributed by atoms with Gasteiger partial charge < -0.3 is 14.8 Å². The molecule has 0 saturated carbocycles. The predicted molar refractivity (Wildman–Crippen MR) is 81.6 cm³/mol. The van der Waals surface area contributed by atoms with Gasteiger partial charge in [-0.05, 0) is 19.3 Å². The third-order valence-electron chi connectivity index (χ3n) is 3.32. The molecule has 0 spiro atoms. The molecule has 1 aromatic heterocycles. The van der Waals surface area contributed by atoms with Gasteiger partial charge in [-0.25, -0.2) is 9.59 Å². The Labute approximate surface area is 135 Å². The lowest BCUT2D eigenvalue weighted by Crippen LogP contribution is -2.44. The van der Waals surface area contributed by atoms with Gasteiger partial charge >= 0.3 is 11.9 Å². The van der Waals surface area contributed by atoms with Gasteiger partial charge in [0.15, 0.2) is 6.61 Å². The van der Waals surface area contributed by atoms with E-state index in [2.05, 4.69) is 15.2 Å². The molecule has 0 aliphatic heterocycles. The van der Waals surface area contributed by atoms with Crippen LogP contribution in [0.2, 0.25) is 0 Å². The van der Waals surface area contributed by atoms with E-state index >= 15 is 0 Å². The first-order chi connectivity index (χ1) is 10.8. The summed E-state index contributed by atoms with van der Waals surface area (Å²) in [6, 6.07) is -0.758.